The Morgan fingerprint density at radius 3 is 2.20 bits per heavy atom. The molecule has 1 amide bonds. The summed E-state index contributed by atoms with van der Waals surface area (Å²) >= 11 is 12.3. The molecule has 30 heavy (non-hydrogen) atoms. The molecule has 2 aromatic rings. The van der Waals surface area contributed by atoms with Crippen LogP contribution >= 0.6 is 23.2 Å². The van der Waals surface area contributed by atoms with E-state index in [9.17, 15) is 4.79 Å². The minimum atomic E-state index is -0.384. The molecular weight excluding hydrogens is 417 g/mol. The van der Waals surface area contributed by atoms with Gasteiger partial charge in [0.05, 0.1) is 10.0 Å². The number of benzene rings is 2. The van der Waals surface area contributed by atoms with Crippen LogP contribution in [0.3, 0.4) is 0 Å². The fourth-order valence-electron chi connectivity index (χ4n) is 2.88. The zero-order valence-corrected chi connectivity index (χ0v) is 20.0. The van der Waals surface area contributed by atoms with E-state index in [1.165, 1.54) is 0 Å². The third-order valence-electron chi connectivity index (χ3n) is 4.83. The largest absolute Gasteiger partial charge is 0.384 e. The lowest BCUT2D eigenvalue weighted by molar-refractivity contribution is -0.128. The predicted octanol–water partition coefficient (Wildman–Crippen LogP) is 5.85. The van der Waals surface area contributed by atoms with Crippen LogP contribution < -0.4 is 16.0 Å². The van der Waals surface area contributed by atoms with Gasteiger partial charge in [-0.15, -0.1) is 0 Å². The molecule has 0 radical (unpaired) electrons. The first kappa shape index (κ1) is 24.5. The van der Waals surface area contributed by atoms with Crippen LogP contribution in [0.5, 0.6) is 0 Å². The summed E-state index contributed by atoms with van der Waals surface area (Å²) in [5.74, 6) is 0.291. The summed E-state index contributed by atoms with van der Waals surface area (Å²) in [5.41, 5.74) is 2.87. The number of hydrogen-bond acceptors (Lipinski definition) is 3. The Bertz CT molecular complexity index is 829. The number of hydrogen-bond donors (Lipinski definition) is 3. The molecule has 164 valence electrons. The van der Waals surface area contributed by atoms with E-state index in [0.29, 0.717) is 22.6 Å². The lowest BCUT2D eigenvalue weighted by Gasteiger charge is -2.21. The van der Waals surface area contributed by atoms with Gasteiger partial charge in [-0.3, -0.25) is 4.79 Å². The summed E-state index contributed by atoms with van der Waals surface area (Å²) in [5, 5.41) is 11.1. The van der Waals surface area contributed by atoms with Crippen molar-refractivity contribution in [2.45, 2.75) is 53.1 Å². The quantitative estimate of drug-likeness (QED) is 0.449. The molecule has 0 spiro atoms. The van der Waals surface area contributed by atoms with E-state index in [1.807, 2.05) is 63.2 Å². The molecule has 0 fully saturated rings. The summed E-state index contributed by atoms with van der Waals surface area (Å²) in [6.45, 7) is 12.1. The van der Waals surface area contributed by atoms with E-state index in [1.54, 1.807) is 0 Å². The highest BCUT2D eigenvalue weighted by Gasteiger charge is 2.20. The maximum atomic E-state index is 12.0. The van der Waals surface area contributed by atoms with Crippen molar-refractivity contribution in [3.8, 4) is 0 Å². The molecule has 0 aliphatic rings. The summed E-state index contributed by atoms with van der Waals surface area (Å²) in [4.78, 5) is 12.0. The maximum Gasteiger partial charge on any atom is 0.225 e. The number of nitrogens with one attached hydrogen (secondary N) is 3. The van der Waals surface area contributed by atoms with Crippen LogP contribution in [-0.2, 0) is 11.3 Å². The topological polar surface area (TPSA) is 53.2 Å². The molecule has 0 aromatic heterocycles. The van der Waals surface area contributed by atoms with Crippen molar-refractivity contribution < 1.29 is 4.79 Å². The van der Waals surface area contributed by atoms with E-state index < -0.39 is 0 Å². The van der Waals surface area contributed by atoms with Crippen LogP contribution in [-0.4, -0.2) is 25.0 Å². The van der Waals surface area contributed by atoms with Crippen LogP contribution in [0.15, 0.2) is 42.5 Å². The van der Waals surface area contributed by atoms with Gasteiger partial charge >= 0.3 is 0 Å². The standard InChI is InChI=1S/C24H33Cl2N3O/c1-16(2)27-14-19(18-8-11-21(25)22(26)12-18)15-28-20-9-6-17(7-10-20)13-29-23(30)24(3,4)5/h6-12,16,19,27-28H,13-15H2,1-5H3,(H,29,30). The van der Waals surface area contributed by atoms with Gasteiger partial charge in [0.15, 0.2) is 0 Å². The first-order chi connectivity index (χ1) is 14.1. The number of anilines is 1. The zero-order valence-electron chi connectivity index (χ0n) is 18.5. The van der Waals surface area contributed by atoms with Gasteiger partial charge in [-0.05, 0) is 35.4 Å². The van der Waals surface area contributed by atoms with Gasteiger partial charge in [0, 0.05) is 42.7 Å². The van der Waals surface area contributed by atoms with Crippen molar-refractivity contribution in [1.29, 1.82) is 0 Å². The van der Waals surface area contributed by atoms with Gasteiger partial charge in [0.25, 0.3) is 0 Å². The summed E-state index contributed by atoms with van der Waals surface area (Å²) in [7, 11) is 0. The summed E-state index contributed by atoms with van der Waals surface area (Å²) in [6.07, 6.45) is 0. The predicted molar refractivity (Wildman–Crippen MR) is 129 cm³/mol. The number of rotatable bonds is 9. The van der Waals surface area contributed by atoms with Gasteiger partial charge in [0.1, 0.15) is 0 Å². The molecule has 0 saturated heterocycles. The number of carbonyl (C=O) groups excluding carboxylic acids is 1. The van der Waals surface area contributed by atoms with Crippen molar-refractivity contribution in [2.24, 2.45) is 5.41 Å². The van der Waals surface area contributed by atoms with Crippen molar-refractivity contribution in [3.05, 3.63) is 63.6 Å². The SMILES string of the molecule is CC(C)NCC(CNc1ccc(CNC(=O)C(C)(C)C)cc1)c1ccc(Cl)c(Cl)c1. The van der Waals surface area contributed by atoms with Crippen molar-refractivity contribution in [2.75, 3.05) is 18.4 Å². The van der Waals surface area contributed by atoms with Crippen LogP contribution in [0, 0.1) is 5.41 Å². The van der Waals surface area contributed by atoms with Crippen LogP contribution in [0.2, 0.25) is 10.0 Å². The summed E-state index contributed by atoms with van der Waals surface area (Å²) < 4.78 is 0. The molecule has 6 heteroatoms. The first-order valence-electron chi connectivity index (χ1n) is 10.4. The van der Waals surface area contributed by atoms with Crippen molar-refractivity contribution in [3.63, 3.8) is 0 Å². The fourth-order valence-corrected chi connectivity index (χ4v) is 3.19. The van der Waals surface area contributed by atoms with Gasteiger partial charge in [-0.1, -0.05) is 76.0 Å². The minimum Gasteiger partial charge on any atom is -0.384 e. The highest BCUT2D eigenvalue weighted by Crippen LogP contribution is 2.27. The second-order valence-electron chi connectivity index (χ2n) is 8.94. The Morgan fingerprint density at radius 1 is 0.967 bits per heavy atom. The first-order valence-corrected chi connectivity index (χ1v) is 11.1. The average Bonchev–Trinajstić information content (AvgIpc) is 2.68. The number of halogens is 2. The third kappa shape index (κ3) is 7.82. The molecule has 0 aliphatic carbocycles. The maximum absolute atomic E-state index is 12.0. The molecule has 3 N–H and O–H groups in total. The lowest BCUT2D eigenvalue weighted by atomic mass is 9.95. The van der Waals surface area contributed by atoms with E-state index in [4.69, 9.17) is 23.2 Å². The van der Waals surface area contributed by atoms with Gasteiger partial charge in [0.2, 0.25) is 5.91 Å². The number of carbonyl (C=O) groups is 1. The van der Waals surface area contributed by atoms with Gasteiger partial charge in [-0.2, -0.15) is 0 Å². The molecule has 1 atom stereocenters. The third-order valence-corrected chi connectivity index (χ3v) is 5.57. The van der Waals surface area contributed by atoms with Gasteiger partial charge < -0.3 is 16.0 Å². The van der Waals surface area contributed by atoms with E-state index in [0.717, 1.165) is 29.9 Å². The lowest BCUT2D eigenvalue weighted by Crippen LogP contribution is -2.34. The summed E-state index contributed by atoms with van der Waals surface area (Å²) in [6, 6.07) is 14.4. The Morgan fingerprint density at radius 2 is 1.63 bits per heavy atom. The van der Waals surface area contributed by atoms with Crippen LogP contribution in [0.25, 0.3) is 0 Å². The minimum absolute atomic E-state index is 0.0480. The fraction of sp³-hybridized carbons (Fsp3) is 0.458. The molecular formula is C24H33Cl2N3O. The zero-order chi connectivity index (χ0) is 22.3. The Kier molecular flexibility index (Phi) is 9.02. The molecule has 0 heterocycles. The van der Waals surface area contributed by atoms with E-state index in [2.05, 4.69) is 29.8 Å². The molecule has 2 rings (SSSR count). The second kappa shape index (κ2) is 11.0. The normalized spacial score (nSPS) is 12.7. The molecule has 0 bridgehead atoms. The Labute approximate surface area is 190 Å². The molecule has 2 aromatic carbocycles. The smallest absolute Gasteiger partial charge is 0.225 e. The highest BCUT2D eigenvalue weighted by atomic mass is 35.5. The van der Waals surface area contributed by atoms with E-state index >= 15 is 0 Å². The molecule has 0 aliphatic heterocycles. The van der Waals surface area contributed by atoms with Crippen molar-refractivity contribution in [1.82, 2.24) is 10.6 Å². The van der Waals surface area contributed by atoms with Crippen LogP contribution in [0.1, 0.15) is 51.7 Å². The van der Waals surface area contributed by atoms with Gasteiger partial charge in [-0.25, -0.2) is 0 Å². The van der Waals surface area contributed by atoms with Crippen molar-refractivity contribution >= 4 is 34.8 Å². The number of amides is 1. The Hall–Kier alpha value is -1.75. The Balaban J connectivity index is 1.98. The average molecular weight is 450 g/mol. The highest BCUT2D eigenvalue weighted by molar-refractivity contribution is 6.42. The molecule has 0 saturated carbocycles. The van der Waals surface area contributed by atoms with E-state index in [-0.39, 0.29) is 17.2 Å². The second-order valence-corrected chi connectivity index (χ2v) is 9.76. The van der Waals surface area contributed by atoms with Crippen LogP contribution in [0.4, 0.5) is 5.69 Å². The molecule has 4 nitrogen and oxygen atoms in total. The molecule has 1 unspecified atom stereocenters. The monoisotopic (exact) mass is 449 g/mol.